The van der Waals surface area contributed by atoms with Gasteiger partial charge in [0.1, 0.15) is 12.4 Å². The lowest BCUT2D eigenvalue weighted by atomic mass is 10.2. The highest BCUT2D eigenvalue weighted by Gasteiger charge is 2.10. The summed E-state index contributed by atoms with van der Waals surface area (Å²) < 4.78 is 40.3. The monoisotopic (exact) mass is 408 g/mol. The number of benzene rings is 1. The van der Waals surface area contributed by atoms with Crippen LogP contribution in [0.5, 0.6) is 11.6 Å². The van der Waals surface area contributed by atoms with Crippen LogP contribution in [0.25, 0.3) is 0 Å². The largest absolute Gasteiger partial charge is 0.475 e. The van der Waals surface area contributed by atoms with Crippen molar-refractivity contribution in [3.8, 4) is 11.6 Å². The normalized spacial score (nSPS) is 11.4. The highest BCUT2D eigenvalue weighted by Crippen LogP contribution is 2.20. The maximum absolute atomic E-state index is 12.6. The first-order valence-corrected chi connectivity index (χ1v) is 9.24. The van der Waals surface area contributed by atoms with Crippen molar-refractivity contribution in [3.63, 3.8) is 0 Å². The number of nitrogens with one attached hydrogen (secondary N) is 2. The molecule has 9 heteroatoms. The predicted octanol–water partition coefficient (Wildman–Crippen LogP) is 2.96. The van der Waals surface area contributed by atoms with Gasteiger partial charge >= 0.3 is 6.61 Å². The first kappa shape index (κ1) is 22.4. The second-order valence-corrected chi connectivity index (χ2v) is 5.84. The predicted molar refractivity (Wildman–Crippen MR) is 106 cm³/mol. The van der Waals surface area contributed by atoms with Crippen LogP contribution in [0.1, 0.15) is 18.1 Å². The zero-order valence-corrected chi connectivity index (χ0v) is 16.5. The molecule has 2 rings (SSSR count). The van der Waals surface area contributed by atoms with Gasteiger partial charge in [-0.05, 0) is 19.1 Å². The van der Waals surface area contributed by atoms with E-state index in [9.17, 15) is 8.78 Å². The molecular weight excluding hydrogens is 382 g/mol. The summed E-state index contributed by atoms with van der Waals surface area (Å²) in [5.74, 6) is 1.16. The molecule has 1 aromatic heterocycles. The number of halogens is 2. The van der Waals surface area contributed by atoms with Crippen LogP contribution in [0.2, 0.25) is 0 Å². The van der Waals surface area contributed by atoms with Crippen molar-refractivity contribution < 1.29 is 23.0 Å². The molecule has 0 fully saturated rings. The molecule has 0 saturated carbocycles. The maximum atomic E-state index is 12.6. The molecule has 0 aliphatic carbocycles. The number of guanidine groups is 1. The van der Waals surface area contributed by atoms with Gasteiger partial charge in [-0.15, -0.1) is 0 Å². The molecule has 0 unspecified atom stereocenters. The van der Waals surface area contributed by atoms with Crippen LogP contribution < -0.4 is 20.1 Å². The van der Waals surface area contributed by atoms with Gasteiger partial charge in [0.2, 0.25) is 5.88 Å². The Hall–Kier alpha value is -2.94. The standard InChI is InChI=1S/C20H26F2N4O3/c1-3-23-20(25-13-15-7-4-5-9-17(15)29-19(21)22)26-14-16-8-6-10-24-18(16)28-12-11-27-2/h4-10,19H,3,11-14H2,1-2H3,(H2,23,25,26). The van der Waals surface area contributed by atoms with Crippen molar-refractivity contribution in [1.29, 1.82) is 0 Å². The van der Waals surface area contributed by atoms with Crippen molar-refractivity contribution in [2.24, 2.45) is 4.99 Å². The molecule has 1 aromatic carbocycles. The summed E-state index contributed by atoms with van der Waals surface area (Å²) in [6, 6.07) is 10.3. The van der Waals surface area contributed by atoms with Gasteiger partial charge in [0.25, 0.3) is 0 Å². The second kappa shape index (κ2) is 12.5. The molecule has 0 aliphatic heterocycles. The Balaban J connectivity index is 2.04. The molecular formula is C20H26F2N4O3. The molecule has 0 radical (unpaired) electrons. The third-order valence-electron chi connectivity index (χ3n) is 3.76. The average Bonchev–Trinajstić information content (AvgIpc) is 2.71. The lowest BCUT2D eigenvalue weighted by Crippen LogP contribution is -2.36. The molecule has 0 spiro atoms. The number of methoxy groups -OCH3 is 1. The number of alkyl halides is 2. The fourth-order valence-electron chi connectivity index (χ4n) is 2.44. The van der Waals surface area contributed by atoms with Gasteiger partial charge in [0, 0.05) is 37.5 Å². The molecule has 29 heavy (non-hydrogen) atoms. The van der Waals surface area contributed by atoms with Gasteiger partial charge in [0.05, 0.1) is 13.2 Å². The van der Waals surface area contributed by atoms with Crippen molar-refractivity contribution in [2.45, 2.75) is 26.6 Å². The Labute approximate surface area is 169 Å². The molecule has 158 valence electrons. The minimum atomic E-state index is -2.87. The Kier molecular flexibility index (Phi) is 9.64. The van der Waals surface area contributed by atoms with Crippen LogP contribution in [0.15, 0.2) is 47.6 Å². The second-order valence-electron chi connectivity index (χ2n) is 5.84. The number of aromatic nitrogens is 1. The molecule has 0 atom stereocenters. The Morgan fingerprint density at radius 2 is 1.90 bits per heavy atom. The average molecular weight is 408 g/mol. The van der Waals surface area contributed by atoms with Crippen molar-refractivity contribution in [3.05, 3.63) is 53.7 Å². The summed E-state index contributed by atoms with van der Waals surface area (Å²) in [5, 5.41) is 6.25. The number of rotatable bonds is 11. The van der Waals surface area contributed by atoms with E-state index >= 15 is 0 Å². The Morgan fingerprint density at radius 1 is 1.10 bits per heavy atom. The zero-order chi connectivity index (χ0) is 20.9. The molecule has 0 aliphatic rings. The van der Waals surface area contributed by atoms with E-state index in [-0.39, 0.29) is 12.3 Å². The van der Waals surface area contributed by atoms with Gasteiger partial charge in [-0.1, -0.05) is 24.3 Å². The lowest BCUT2D eigenvalue weighted by molar-refractivity contribution is -0.0504. The summed E-state index contributed by atoms with van der Waals surface area (Å²) >= 11 is 0. The minimum Gasteiger partial charge on any atom is -0.475 e. The van der Waals surface area contributed by atoms with Crippen molar-refractivity contribution in [1.82, 2.24) is 15.6 Å². The minimum absolute atomic E-state index is 0.131. The number of pyridine rings is 1. The van der Waals surface area contributed by atoms with Crippen LogP contribution in [0, 0.1) is 0 Å². The van der Waals surface area contributed by atoms with Gasteiger partial charge < -0.3 is 24.8 Å². The topological polar surface area (TPSA) is 77.0 Å². The summed E-state index contributed by atoms with van der Waals surface area (Å²) in [4.78, 5) is 8.76. The van der Waals surface area contributed by atoms with Crippen LogP contribution in [0.3, 0.4) is 0 Å². The van der Waals surface area contributed by atoms with E-state index in [0.29, 0.717) is 43.7 Å². The van der Waals surface area contributed by atoms with E-state index in [1.165, 1.54) is 6.07 Å². The molecule has 2 aromatic rings. The van der Waals surface area contributed by atoms with Gasteiger partial charge in [-0.2, -0.15) is 8.78 Å². The number of nitrogens with zero attached hydrogens (tertiary/aromatic N) is 2. The molecule has 1 heterocycles. The van der Waals surface area contributed by atoms with E-state index in [1.807, 2.05) is 19.1 Å². The van der Waals surface area contributed by atoms with Gasteiger partial charge in [-0.3, -0.25) is 0 Å². The number of ether oxygens (including phenoxy) is 3. The summed E-state index contributed by atoms with van der Waals surface area (Å²) in [5.41, 5.74) is 1.42. The molecule has 0 amide bonds. The third-order valence-corrected chi connectivity index (χ3v) is 3.76. The van der Waals surface area contributed by atoms with E-state index in [4.69, 9.17) is 9.47 Å². The summed E-state index contributed by atoms with van der Waals surface area (Å²) in [7, 11) is 1.60. The SMILES string of the molecule is CCNC(=NCc1cccnc1OCCOC)NCc1ccccc1OC(F)F. The lowest BCUT2D eigenvalue weighted by Gasteiger charge is -2.14. The molecule has 0 bridgehead atoms. The van der Waals surface area contributed by atoms with Crippen molar-refractivity contribution in [2.75, 3.05) is 26.9 Å². The Morgan fingerprint density at radius 3 is 2.66 bits per heavy atom. The van der Waals surface area contributed by atoms with Crippen LogP contribution >= 0.6 is 0 Å². The smallest absolute Gasteiger partial charge is 0.387 e. The van der Waals surface area contributed by atoms with E-state index < -0.39 is 6.61 Å². The number of para-hydroxylation sites is 1. The first-order chi connectivity index (χ1) is 14.1. The van der Waals surface area contributed by atoms with Gasteiger partial charge in [0.15, 0.2) is 5.96 Å². The van der Waals surface area contributed by atoms with E-state index in [1.54, 1.807) is 31.5 Å². The molecule has 2 N–H and O–H groups in total. The Bertz CT molecular complexity index is 775. The number of hydrogen-bond acceptors (Lipinski definition) is 5. The maximum Gasteiger partial charge on any atom is 0.387 e. The third kappa shape index (κ3) is 7.90. The quantitative estimate of drug-likeness (QED) is 0.338. The molecule has 0 saturated heterocycles. The number of aliphatic imine (C=N–C) groups is 1. The van der Waals surface area contributed by atoms with Crippen LogP contribution in [-0.2, 0) is 17.8 Å². The van der Waals surface area contributed by atoms with E-state index in [2.05, 4.69) is 25.3 Å². The van der Waals surface area contributed by atoms with E-state index in [0.717, 1.165) is 5.56 Å². The van der Waals surface area contributed by atoms with Gasteiger partial charge in [-0.25, -0.2) is 9.98 Å². The summed E-state index contributed by atoms with van der Waals surface area (Å²) in [6.07, 6.45) is 1.65. The van der Waals surface area contributed by atoms with Crippen LogP contribution in [-0.4, -0.2) is 44.4 Å². The zero-order valence-electron chi connectivity index (χ0n) is 16.5. The molecule has 7 nitrogen and oxygen atoms in total. The fraction of sp³-hybridized carbons (Fsp3) is 0.400. The number of hydrogen-bond donors (Lipinski definition) is 2. The highest BCUT2D eigenvalue weighted by molar-refractivity contribution is 5.79. The van der Waals surface area contributed by atoms with Crippen molar-refractivity contribution >= 4 is 5.96 Å². The summed E-state index contributed by atoms with van der Waals surface area (Å²) in [6.45, 7) is 1.17. The fourth-order valence-corrected chi connectivity index (χ4v) is 2.44. The van der Waals surface area contributed by atoms with Crippen LogP contribution in [0.4, 0.5) is 8.78 Å². The first-order valence-electron chi connectivity index (χ1n) is 9.24. The highest BCUT2D eigenvalue weighted by atomic mass is 19.3.